The van der Waals surface area contributed by atoms with E-state index in [1.54, 1.807) is 24.0 Å². The number of aryl methyl sites for hydroxylation is 1. The van der Waals surface area contributed by atoms with Crippen LogP contribution in [0.4, 0.5) is 5.69 Å². The Morgan fingerprint density at radius 2 is 2.21 bits per heavy atom. The predicted octanol–water partition coefficient (Wildman–Crippen LogP) is 1.62. The summed E-state index contributed by atoms with van der Waals surface area (Å²) >= 11 is 1.55. The van der Waals surface area contributed by atoms with Gasteiger partial charge in [0, 0.05) is 0 Å². The molecule has 0 unspecified atom stereocenters. The molecule has 4 aromatic rings. The molecule has 0 aliphatic rings. The lowest BCUT2D eigenvalue weighted by Gasteiger charge is -1.98. The van der Waals surface area contributed by atoms with Crippen molar-refractivity contribution in [3.8, 4) is 10.7 Å². The minimum atomic E-state index is 0.627. The van der Waals surface area contributed by atoms with E-state index in [1.807, 2.05) is 16.7 Å². The van der Waals surface area contributed by atoms with Crippen molar-refractivity contribution < 1.29 is 0 Å². The third-order valence-electron chi connectivity index (χ3n) is 3.06. The normalized spacial score (nSPS) is 11.6. The fourth-order valence-electron chi connectivity index (χ4n) is 2.01. The van der Waals surface area contributed by atoms with Gasteiger partial charge >= 0.3 is 0 Å². The van der Waals surface area contributed by atoms with E-state index < -0.39 is 0 Å². The van der Waals surface area contributed by atoms with Crippen molar-refractivity contribution in [2.45, 2.75) is 6.92 Å². The maximum atomic E-state index is 6.07. The Hall–Kier alpha value is -2.48. The fourth-order valence-corrected chi connectivity index (χ4v) is 2.97. The first kappa shape index (κ1) is 10.4. The highest BCUT2D eigenvalue weighted by molar-refractivity contribution is 7.14. The molecule has 94 valence electrons. The van der Waals surface area contributed by atoms with E-state index in [-0.39, 0.29) is 0 Å². The Morgan fingerprint density at radius 3 is 3.00 bits per heavy atom. The smallest absolute Gasteiger partial charge is 0.190 e. The standard InChI is InChI=1S/C11H9N7S/c1-5-2-19-8(6(5)12)11-17-16-10-7-9(14-3-13-7)15-4-18(10)11/h2-4H,12H2,1H3,(H,13,14). The van der Waals surface area contributed by atoms with Crippen LogP contribution in [-0.4, -0.2) is 29.5 Å². The monoisotopic (exact) mass is 271 g/mol. The quantitative estimate of drug-likeness (QED) is 0.548. The molecule has 3 N–H and O–H groups in total. The maximum absolute atomic E-state index is 6.07. The molecule has 0 radical (unpaired) electrons. The number of anilines is 1. The molecule has 7 nitrogen and oxygen atoms in total. The summed E-state index contributed by atoms with van der Waals surface area (Å²) in [6.07, 6.45) is 3.26. The van der Waals surface area contributed by atoms with Crippen LogP contribution in [0.3, 0.4) is 0 Å². The molecule has 19 heavy (non-hydrogen) atoms. The van der Waals surface area contributed by atoms with Crippen molar-refractivity contribution in [1.29, 1.82) is 0 Å². The topological polar surface area (TPSA) is 97.8 Å². The highest BCUT2D eigenvalue weighted by Gasteiger charge is 2.16. The zero-order valence-corrected chi connectivity index (χ0v) is 10.8. The van der Waals surface area contributed by atoms with Gasteiger partial charge in [0.15, 0.2) is 17.1 Å². The number of nitrogen functional groups attached to an aromatic ring is 1. The minimum absolute atomic E-state index is 0.627. The second-order valence-corrected chi connectivity index (χ2v) is 5.10. The van der Waals surface area contributed by atoms with Crippen LogP contribution >= 0.6 is 11.3 Å². The van der Waals surface area contributed by atoms with Crippen LogP contribution in [0.15, 0.2) is 18.0 Å². The van der Waals surface area contributed by atoms with Crippen LogP contribution in [0, 0.1) is 6.92 Å². The van der Waals surface area contributed by atoms with Gasteiger partial charge in [-0.3, -0.25) is 4.40 Å². The van der Waals surface area contributed by atoms with E-state index in [1.165, 1.54) is 0 Å². The van der Waals surface area contributed by atoms with Crippen molar-refractivity contribution >= 4 is 33.8 Å². The Kier molecular flexibility index (Phi) is 1.93. The van der Waals surface area contributed by atoms with Gasteiger partial charge in [-0.25, -0.2) is 9.97 Å². The van der Waals surface area contributed by atoms with Crippen LogP contribution < -0.4 is 5.73 Å². The third-order valence-corrected chi connectivity index (χ3v) is 4.17. The number of rotatable bonds is 1. The van der Waals surface area contributed by atoms with Crippen molar-refractivity contribution in [1.82, 2.24) is 29.5 Å². The van der Waals surface area contributed by atoms with Gasteiger partial charge in [0.05, 0.1) is 16.9 Å². The van der Waals surface area contributed by atoms with Crippen LogP contribution in [0.25, 0.3) is 27.5 Å². The number of fused-ring (bicyclic) bond motifs is 3. The molecular formula is C11H9N7S. The van der Waals surface area contributed by atoms with E-state index in [4.69, 9.17) is 5.73 Å². The van der Waals surface area contributed by atoms with Crippen LogP contribution in [0.1, 0.15) is 5.56 Å². The van der Waals surface area contributed by atoms with Gasteiger partial charge in [0.1, 0.15) is 11.8 Å². The number of aromatic amines is 1. The van der Waals surface area contributed by atoms with E-state index >= 15 is 0 Å². The second kappa shape index (κ2) is 3.51. The zero-order valence-electron chi connectivity index (χ0n) is 9.95. The summed E-state index contributed by atoms with van der Waals surface area (Å²) in [5.74, 6) is 0.703. The van der Waals surface area contributed by atoms with E-state index in [0.717, 1.165) is 21.6 Å². The molecule has 0 aromatic carbocycles. The molecule has 0 fully saturated rings. The molecule has 4 aromatic heterocycles. The molecule has 0 bridgehead atoms. The lowest BCUT2D eigenvalue weighted by Crippen LogP contribution is -1.94. The highest BCUT2D eigenvalue weighted by Crippen LogP contribution is 2.33. The molecule has 0 spiro atoms. The minimum Gasteiger partial charge on any atom is -0.397 e. The molecular weight excluding hydrogens is 262 g/mol. The lowest BCUT2D eigenvalue weighted by atomic mass is 10.3. The first-order valence-electron chi connectivity index (χ1n) is 5.62. The zero-order chi connectivity index (χ0) is 13.0. The summed E-state index contributed by atoms with van der Waals surface area (Å²) in [5, 5.41) is 10.4. The van der Waals surface area contributed by atoms with Crippen molar-refractivity contribution in [2.75, 3.05) is 5.73 Å². The number of nitrogens with two attached hydrogens (primary N) is 1. The summed E-state index contributed by atoms with van der Waals surface area (Å²) in [5.41, 5.74) is 9.95. The van der Waals surface area contributed by atoms with Gasteiger partial charge in [0.2, 0.25) is 0 Å². The molecule has 0 aliphatic carbocycles. The maximum Gasteiger partial charge on any atom is 0.190 e. The Balaban J connectivity index is 2.08. The highest BCUT2D eigenvalue weighted by atomic mass is 32.1. The first-order chi connectivity index (χ1) is 9.25. The summed E-state index contributed by atoms with van der Waals surface area (Å²) in [4.78, 5) is 12.3. The van der Waals surface area contributed by atoms with Gasteiger partial charge in [-0.15, -0.1) is 21.5 Å². The van der Waals surface area contributed by atoms with E-state index in [0.29, 0.717) is 17.1 Å². The molecule has 4 rings (SSSR count). The van der Waals surface area contributed by atoms with Gasteiger partial charge in [-0.1, -0.05) is 0 Å². The van der Waals surface area contributed by atoms with Crippen molar-refractivity contribution in [3.63, 3.8) is 0 Å². The summed E-state index contributed by atoms with van der Waals surface area (Å²) in [6, 6.07) is 0. The van der Waals surface area contributed by atoms with Gasteiger partial charge in [0.25, 0.3) is 0 Å². The second-order valence-electron chi connectivity index (χ2n) is 4.22. The number of aromatic nitrogens is 6. The summed E-state index contributed by atoms with van der Waals surface area (Å²) in [6.45, 7) is 1.98. The van der Waals surface area contributed by atoms with Gasteiger partial charge < -0.3 is 10.7 Å². The van der Waals surface area contributed by atoms with Gasteiger partial charge in [-0.2, -0.15) is 0 Å². The number of nitrogens with one attached hydrogen (secondary N) is 1. The average molecular weight is 271 g/mol. The van der Waals surface area contributed by atoms with Crippen LogP contribution in [0.5, 0.6) is 0 Å². The van der Waals surface area contributed by atoms with Gasteiger partial charge in [-0.05, 0) is 17.9 Å². The number of H-pyrrole nitrogens is 1. The predicted molar refractivity (Wildman–Crippen MR) is 72.9 cm³/mol. The average Bonchev–Trinajstić information content (AvgIpc) is 3.08. The van der Waals surface area contributed by atoms with E-state index in [9.17, 15) is 0 Å². The number of hydrogen-bond acceptors (Lipinski definition) is 6. The molecule has 0 saturated carbocycles. The molecule has 4 heterocycles. The van der Waals surface area contributed by atoms with E-state index in [2.05, 4.69) is 25.1 Å². The largest absolute Gasteiger partial charge is 0.397 e. The third kappa shape index (κ3) is 1.31. The van der Waals surface area contributed by atoms with Crippen molar-refractivity contribution in [3.05, 3.63) is 23.6 Å². The lowest BCUT2D eigenvalue weighted by molar-refractivity contribution is 1.10. The Labute approximate surface area is 111 Å². The molecule has 8 heteroatoms. The molecule has 0 saturated heterocycles. The van der Waals surface area contributed by atoms with Crippen molar-refractivity contribution in [2.24, 2.45) is 0 Å². The molecule has 0 aliphatic heterocycles. The summed E-state index contributed by atoms with van der Waals surface area (Å²) < 4.78 is 1.82. The molecule has 0 amide bonds. The fraction of sp³-hybridized carbons (Fsp3) is 0.0909. The Morgan fingerprint density at radius 1 is 1.32 bits per heavy atom. The number of imidazole rings is 1. The Bertz CT molecular complexity index is 900. The van der Waals surface area contributed by atoms with Crippen LogP contribution in [-0.2, 0) is 0 Å². The number of hydrogen-bond donors (Lipinski definition) is 2. The summed E-state index contributed by atoms with van der Waals surface area (Å²) in [7, 11) is 0. The first-order valence-corrected chi connectivity index (χ1v) is 6.50. The molecule has 0 atom stereocenters. The number of nitrogens with zero attached hydrogens (tertiary/aromatic N) is 5. The van der Waals surface area contributed by atoms with Crippen LogP contribution in [0.2, 0.25) is 0 Å². The number of thiophene rings is 1. The SMILES string of the molecule is Cc1csc(-c2nnc3c4[nH]cnc4ncn23)c1N.